The number of nitrogens with zero attached hydrogens (tertiary/aromatic N) is 2. The molecule has 1 aromatic rings. The van der Waals surface area contributed by atoms with Crippen molar-refractivity contribution in [2.24, 2.45) is 5.41 Å². The minimum absolute atomic E-state index is 0.0139. The number of likely N-dealkylation sites (tertiary alicyclic amines) is 1. The van der Waals surface area contributed by atoms with E-state index in [1.54, 1.807) is 0 Å². The van der Waals surface area contributed by atoms with E-state index >= 15 is 0 Å². The maximum atomic E-state index is 12.3. The first kappa shape index (κ1) is 14.1. The van der Waals surface area contributed by atoms with Gasteiger partial charge in [0.1, 0.15) is 6.61 Å². The van der Waals surface area contributed by atoms with E-state index in [-0.39, 0.29) is 23.8 Å². The third kappa shape index (κ3) is 2.65. The van der Waals surface area contributed by atoms with E-state index in [1.807, 2.05) is 40.1 Å². The summed E-state index contributed by atoms with van der Waals surface area (Å²) in [6.07, 6.45) is 1.41. The van der Waals surface area contributed by atoms with Gasteiger partial charge in [-0.25, -0.2) is 0 Å². The van der Waals surface area contributed by atoms with Crippen LogP contribution in [0.3, 0.4) is 0 Å². The van der Waals surface area contributed by atoms with Crippen LogP contribution in [0.25, 0.3) is 0 Å². The van der Waals surface area contributed by atoms with E-state index in [1.165, 1.54) is 7.11 Å². The van der Waals surface area contributed by atoms with Gasteiger partial charge in [-0.2, -0.15) is 0 Å². The molecule has 2 fully saturated rings. The van der Waals surface area contributed by atoms with Crippen LogP contribution in [0.4, 0.5) is 5.69 Å². The molecule has 5 nitrogen and oxygen atoms in total. The Morgan fingerprint density at radius 2 is 2.05 bits per heavy atom. The van der Waals surface area contributed by atoms with Crippen LogP contribution >= 0.6 is 0 Å². The quantitative estimate of drug-likeness (QED) is 0.842. The fourth-order valence-corrected chi connectivity index (χ4v) is 3.38. The van der Waals surface area contributed by atoms with Crippen LogP contribution in [0, 0.1) is 5.41 Å². The summed E-state index contributed by atoms with van der Waals surface area (Å²) in [6.45, 7) is 2.20. The van der Waals surface area contributed by atoms with Crippen LogP contribution in [0.15, 0.2) is 30.3 Å². The van der Waals surface area contributed by atoms with Crippen molar-refractivity contribution in [3.05, 3.63) is 30.3 Å². The fraction of sp³-hybridized carbons (Fsp3) is 0.500. The number of rotatable bonds is 3. The highest BCUT2D eigenvalue weighted by molar-refractivity contribution is 5.96. The molecule has 2 aliphatic rings. The summed E-state index contributed by atoms with van der Waals surface area (Å²) in [5.74, 6) is 0.169. The lowest BCUT2D eigenvalue weighted by Crippen LogP contribution is -2.35. The Morgan fingerprint density at radius 3 is 2.76 bits per heavy atom. The molecule has 0 saturated carbocycles. The second-order valence-corrected chi connectivity index (χ2v) is 5.99. The zero-order chi connectivity index (χ0) is 14.9. The number of hydrogen-bond acceptors (Lipinski definition) is 3. The molecule has 5 heteroatoms. The summed E-state index contributed by atoms with van der Waals surface area (Å²) < 4.78 is 4.91. The van der Waals surface area contributed by atoms with Gasteiger partial charge in [-0.05, 0) is 18.6 Å². The summed E-state index contributed by atoms with van der Waals surface area (Å²) >= 11 is 0. The molecular weight excluding hydrogens is 268 g/mol. The molecule has 1 spiro atoms. The Morgan fingerprint density at radius 1 is 1.29 bits per heavy atom. The largest absolute Gasteiger partial charge is 0.375 e. The lowest BCUT2D eigenvalue weighted by Gasteiger charge is -2.24. The maximum absolute atomic E-state index is 12.3. The molecule has 0 N–H and O–H groups in total. The number of ether oxygens (including phenoxy) is 1. The SMILES string of the molecule is COCC(=O)N1CCC2(CC(=O)N(c3ccccc3)C2)C1. The van der Waals surface area contributed by atoms with E-state index in [0.29, 0.717) is 19.5 Å². The zero-order valence-electron chi connectivity index (χ0n) is 12.2. The Labute approximate surface area is 124 Å². The number of anilines is 1. The van der Waals surface area contributed by atoms with Gasteiger partial charge in [0.05, 0.1) is 0 Å². The predicted molar refractivity (Wildman–Crippen MR) is 78.9 cm³/mol. The monoisotopic (exact) mass is 288 g/mol. The third-order valence-electron chi connectivity index (χ3n) is 4.45. The van der Waals surface area contributed by atoms with Crippen molar-refractivity contribution in [1.82, 2.24) is 4.90 Å². The van der Waals surface area contributed by atoms with Gasteiger partial charge in [0.2, 0.25) is 11.8 Å². The molecule has 0 aliphatic carbocycles. The predicted octanol–water partition coefficient (Wildman–Crippen LogP) is 1.29. The Bertz CT molecular complexity index is 546. The molecule has 1 unspecified atom stereocenters. The minimum atomic E-state index is -0.0870. The first-order valence-electron chi connectivity index (χ1n) is 7.26. The normalized spacial score (nSPS) is 25.1. The number of carbonyl (C=O) groups is 2. The molecule has 1 aromatic carbocycles. The summed E-state index contributed by atoms with van der Waals surface area (Å²) in [4.78, 5) is 27.9. The number of amides is 2. The highest BCUT2D eigenvalue weighted by Gasteiger charge is 2.48. The number of carbonyl (C=O) groups excluding carboxylic acids is 2. The highest BCUT2D eigenvalue weighted by Crippen LogP contribution is 2.41. The lowest BCUT2D eigenvalue weighted by atomic mass is 9.86. The number of methoxy groups -OCH3 is 1. The highest BCUT2D eigenvalue weighted by atomic mass is 16.5. The summed E-state index contributed by atoms with van der Waals surface area (Å²) in [5.41, 5.74) is 0.858. The molecule has 2 heterocycles. The van der Waals surface area contributed by atoms with Gasteiger partial charge in [-0.15, -0.1) is 0 Å². The lowest BCUT2D eigenvalue weighted by molar-refractivity contribution is -0.134. The minimum Gasteiger partial charge on any atom is -0.375 e. The Balaban J connectivity index is 1.72. The van der Waals surface area contributed by atoms with Crippen molar-refractivity contribution in [3.8, 4) is 0 Å². The molecule has 2 saturated heterocycles. The molecule has 1 atom stereocenters. The number of hydrogen-bond donors (Lipinski definition) is 0. The molecule has 21 heavy (non-hydrogen) atoms. The third-order valence-corrected chi connectivity index (χ3v) is 4.45. The van der Waals surface area contributed by atoms with Crippen LogP contribution in [-0.2, 0) is 14.3 Å². The zero-order valence-corrected chi connectivity index (χ0v) is 12.2. The van der Waals surface area contributed by atoms with E-state index in [0.717, 1.165) is 18.7 Å². The van der Waals surface area contributed by atoms with E-state index in [4.69, 9.17) is 4.74 Å². The average molecular weight is 288 g/mol. The molecular formula is C16H20N2O3. The second-order valence-electron chi connectivity index (χ2n) is 5.99. The van der Waals surface area contributed by atoms with Gasteiger partial charge >= 0.3 is 0 Å². The summed E-state index contributed by atoms with van der Waals surface area (Å²) in [7, 11) is 1.53. The molecule has 2 amide bonds. The topological polar surface area (TPSA) is 49.9 Å². The molecule has 0 aromatic heterocycles. The number of para-hydroxylation sites is 1. The van der Waals surface area contributed by atoms with Crippen molar-refractivity contribution < 1.29 is 14.3 Å². The van der Waals surface area contributed by atoms with Crippen LogP contribution in [-0.4, -0.2) is 50.1 Å². The van der Waals surface area contributed by atoms with Crippen molar-refractivity contribution in [2.75, 3.05) is 38.3 Å². The fourth-order valence-electron chi connectivity index (χ4n) is 3.38. The van der Waals surface area contributed by atoms with Crippen molar-refractivity contribution in [3.63, 3.8) is 0 Å². The molecule has 112 valence electrons. The van der Waals surface area contributed by atoms with E-state index < -0.39 is 0 Å². The second kappa shape index (κ2) is 5.48. The smallest absolute Gasteiger partial charge is 0.248 e. The number of benzene rings is 1. The molecule has 2 aliphatic heterocycles. The van der Waals surface area contributed by atoms with Crippen LogP contribution in [0.2, 0.25) is 0 Å². The standard InChI is InChI=1S/C16H20N2O3/c1-21-10-15(20)17-8-7-16(11-17)9-14(19)18(12-16)13-5-3-2-4-6-13/h2-6H,7-12H2,1H3. The average Bonchev–Trinajstić information content (AvgIpc) is 3.04. The van der Waals surface area contributed by atoms with Gasteiger partial charge in [0, 0.05) is 44.3 Å². The molecule has 3 rings (SSSR count). The van der Waals surface area contributed by atoms with Crippen LogP contribution < -0.4 is 4.90 Å². The van der Waals surface area contributed by atoms with Crippen LogP contribution in [0.5, 0.6) is 0 Å². The molecule has 0 radical (unpaired) electrons. The first-order valence-corrected chi connectivity index (χ1v) is 7.26. The van der Waals surface area contributed by atoms with E-state index in [2.05, 4.69) is 0 Å². The summed E-state index contributed by atoms with van der Waals surface area (Å²) in [5, 5.41) is 0. The maximum Gasteiger partial charge on any atom is 0.248 e. The van der Waals surface area contributed by atoms with Gasteiger partial charge in [-0.1, -0.05) is 18.2 Å². The van der Waals surface area contributed by atoms with Crippen LogP contribution in [0.1, 0.15) is 12.8 Å². The Kier molecular flexibility index (Phi) is 3.68. The van der Waals surface area contributed by atoms with Gasteiger partial charge in [0.25, 0.3) is 0 Å². The van der Waals surface area contributed by atoms with Gasteiger partial charge < -0.3 is 14.5 Å². The Hall–Kier alpha value is -1.88. The first-order chi connectivity index (χ1) is 10.1. The van der Waals surface area contributed by atoms with Gasteiger partial charge in [-0.3, -0.25) is 9.59 Å². The molecule has 0 bridgehead atoms. The van der Waals surface area contributed by atoms with Crippen molar-refractivity contribution in [1.29, 1.82) is 0 Å². The van der Waals surface area contributed by atoms with Crippen molar-refractivity contribution in [2.45, 2.75) is 12.8 Å². The van der Waals surface area contributed by atoms with E-state index in [9.17, 15) is 9.59 Å². The van der Waals surface area contributed by atoms with Gasteiger partial charge in [0.15, 0.2) is 0 Å². The van der Waals surface area contributed by atoms with Crippen molar-refractivity contribution >= 4 is 17.5 Å². The summed E-state index contributed by atoms with van der Waals surface area (Å²) in [6, 6.07) is 9.74.